The van der Waals surface area contributed by atoms with Gasteiger partial charge in [0.2, 0.25) is 0 Å². The van der Waals surface area contributed by atoms with Gasteiger partial charge in [-0.25, -0.2) is 4.99 Å². The highest BCUT2D eigenvalue weighted by molar-refractivity contribution is 7.99. The van der Waals surface area contributed by atoms with Crippen molar-refractivity contribution in [3.05, 3.63) is 54.1 Å². The Morgan fingerprint density at radius 2 is 1.60 bits per heavy atom. The van der Waals surface area contributed by atoms with Gasteiger partial charge in [-0.05, 0) is 24.3 Å². The van der Waals surface area contributed by atoms with Crippen LogP contribution in [0.15, 0.2) is 63.3 Å². The van der Waals surface area contributed by atoms with Crippen molar-refractivity contribution in [2.24, 2.45) is 4.99 Å². The summed E-state index contributed by atoms with van der Waals surface area (Å²) in [6, 6.07) is 12.8. The minimum atomic E-state index is -4.38. The van der Waals surface area contributed by atoms with E-state index in [0.717, 1.165) is 30.9 Å². The van der Waals surface area contributed by atoms with Crippen LogP contribution in [0.3, 0.4) is 0 Å². The molecule has 0 aromatic heterocycles. The van der Waals surface area contributed by atoms with Gasteiger partial charge in [-0.15, -0.1) is 0 Å². The molecule has 0 aliphatic carbocycles. The van der Waals surface area contributed by atoms with E-state index in [1.165, 1.54) is 12.1 Å². The van der Waals surface area contributed by atoms with Gasteiger partial charge >= 0.3 is 6.18 Å². The second kappa shape index (κ2) is 7.93. The summed E-state index contributed by atoms with van der Waals surface area (Å²) >= 11 is 1.08. The summed E-state index contributed by atoms with van der Waals surface area (Å²) in [5.41, 5.74) is 0.0166. The highest BCUT2D eigenvalue weighted by Gasteiger charge is 2.33. The van der Waals surface area contributed by atoms with Crippen molar-refractivity contribution in [2.75, 3.05) is 26.3 Å². The summed E-state index contributed by atoms with van der Waals surface area (Å²) in [6.45, 7) is 2.83. The zero-order chi connectivity index (χ0) is 17.7. The van der Waals surface area contributed by atoms with E-state index in [0.29, 0.717) is 23.8 Å². The van der Waals surface area contributed by atoms with Crippen molar-refractivity contribution in [1.29, 1.82) is 0 Å². The predicted molar refractivity (Wildman–Crippen MR) is 92.6 cm³/mol. The number of ether oxygens (including phenoxy) is 1. The van der Waals surface area contributed by atoms with Crippen LogP contribution < -0.4 is 0 Å². The second-order valence-electron chi connectivity index (χ2n) is 5.46. The van der Waals surface area contributed by atoms with Crippen LogP contribution in [0.1, 0.15) is 5.56 Å². The zero-order valence-corrected chi connectivity index (χ0v) is 14.2. The molecule has 2 aromatic carbocycles. The van der Waals surface area contributed by atoms with Gasteiger partial charge in [0.1, 0.15) is 0 Å². The fraction of sp³-hybridized carbons (Fsp3) is 0.278. The first-order valence-electron chi connectivity index (χ1n) is 7.83. The third-order valence-corrected chi connectivity index (χ3v) is 4.82. The lowest BCUT2D eigenvalue weighted by Crippen LogP contribution is -2.34. The maximum atomic E-state index is 13.2. The number of halogens is 3. The van der Waals surface area contributed by atoms with Crippen molar-refractivity contribution in [1.82, 2.24) is 4.90 Å². The van der Waals surface area contributed by atoms with Crippen LogP contribution in [0, 0.1) is 0 Å². The van der Waals surface area contributed by atoms with Crippen LogP contribution in [-0.4, -0.2) is 37.5 Å². The van der Waals surface area contributed by atoms with E-state index < -0.39 is 11.7 Å². The number of rotatable bonds is 4. The summed E-state index contributed by atoms with van der Waals surface area (Å²) in [6.07, 6.45) is -2.65. The molecule has 1 aliphatic rings. The molecule has 0 N–H and O–H groups in total. The molecule has 132 valence electrons. The lowest BCUT2D eigenvalue weighted by atomic mass is 10.2. The quantitative estimate of drug-likeness (QED) is 0.571. The molecule has 1 fully saturated rings. The Hall–Kier alpha value is -1.99. The average Bonchev–Trinajstić information content (AvgIpc) is 2.61. The van der Waals surface area contributed by atoms with Gasteiger partial charge < -0.3 is 9.64 Å². The Morgan fingerprint density at radius 3 is 2.32 bits per heavy atom. The van der Waals surface area contributed by atoms with E-state index >= 15 is 0 Å². The Labute approximate surface area is 148 Å². The van der Waals surface area contributed by atoms with Crippen LogP contribution in [0.4, 0.5) is 18.9 Å². The highest BCUT2D eigenvalue weighted by Crippen LogP contribution is 2.41. The predicted octanol–water partition coefficient (Wildman–Crippen LogP) is 4.85. The smallest absolute Gasteiger partial charge is 0.378 e. The van der Waals surface area contributed by atoms with Crippen molar-refractivity contribution in [3.8, 4) is 0 Å². The molecule has 2 aromatic rings. The molecule has 0 spiro atoms. The topological polar surface area (TPSA) is 24.8 Å². The molecular weight excluding hydrogens is 349 g/mol. The molecule has 3 rings (SSSR count). The third-order valence-electron chi connectivity index (χ3n) is 3.68. The fourth-order valence-corrected chi connectivity index (χ4v) is 3.44. The second-order valence-corrected chi connectivity index (χ2v) is 6.54. The van der Waals surface area contributed by atoms with Crippen LogP contribution in [-0.2, 0) is 10.9 Å². The van der Waals surface area contributed by atoms with E-state index in [-0.39, 0.29) is 4.90 Å². The molecule has 1 saturated heterocycles. The highest BCUT2D eigenvalue weighted by atomic mass is 32.2. The lowest BCUT2D eigenvalue weighted by Gasteiger charge is -2.24. The fourth-order valence-electron chi connectivity index (χ4n) is 2.40. The van der Waals surface area contributed by atoms with Crippen LogP contribution >= 0.6 is 11.8 Å². The molecule has 0 saturated carbocycles. The number of hydrogen-bond acceptors (Lipinski definition) is 3. The molecule has 0 unspecified atom stereocenters. The molecule has 1 aliphatic heterocycles. The van der Waals surface area contributed by atoms with Crippen molar-refractivity contribution >= 4 is 23.8 Å². The van der Waals surface area contributed by atoms with E-state index in [9.17, 15) is 13.2 Å². The summed E-state index contributed by atoms with van der Waals surface area (Å²) in [5.74, 6) is 0. The largest absolute Gasteiger partial charge is 0.417 e. The summed E-state index contributed by atoms with van der Waals surface area (Å²) in [7, 11) is 0. The van der Waals surface area contributed by atoms with Crippen molar-refractivity contribution < 1.29 is 17.9 Å². The first kappa shape index (κ1) is 17.8. The Kier molecular flexibility index (Phi) is 5.65. The maximum Gasteiger partial charge on any atom is 0.417 e. The van der Waals surface area contributed by atoms with Gasteiger partial charge in [-0.1, -0.05) is 36.0 Å². The molecule has 7 heteroatoms. The molecule has 0 radical (unpaired) electrons. The van der Waals surface area contributed by atoms with Crippen molar-refractivity contribution in [3.63, 3.8) is 0 Å². The summed E-state index contributed by atoms with van der Waals surface area (Å²) in [4.78, 5) is 7.35. The normalized spacial score (nSPS) is 15.7. The van der Waals surface area contributed by atoms with Gasteiger partial charge in [-0.3, -0.25) is 0 Å². The molecule has 0 amide bonds. The summed E-state index contributed by atoms with van der Waals surface area (Å²) in [5, 5.41) is 0. The van der Waals surface area contributed by atoms with Gasteiger partial charge in [-0.2, -0.15) is 13.2 Å². The van der Waals surface area contributed by atoms with Crippen LogP contribution in [0.5, 0.6) is 0 Å². The number of hydrogen-bond donors (Lipinski definition) is 0. The van der Waals surface area contributed by atoms with Gasteiger partial charge in [0.15, 0.2) is 0 Å². The Balaban J connectivity index is 1.83. The number of nitrogens with zero attached hydrogens (tertiary/aromatic N) is 2. The van der Waals surface area contributed by atoms with Gasteiger partial charge in [0, 0.05) is 22.9 Å². The van der Waals surface area contributed by atoms with Crippen LogP contribution in [0.2, 0.25) is 0 Å². The molecule has 0 bridgehead atoms. The first-order valence-corrected chi connectivity index (χ1v) is 8.65. The zero-order valence-electron chi connectivity index (χ0n) is 13.4. The SMILES string of the molecule is FC(F)(F)c1ccccc1Sc1ccccc1N=CN1CCOCC1. The number of benzene rings is 2. The molecule has 0 atom stereocenters. The molecule has 25 heavy (non-hydrogen) atoms. The van der Waals surface area contributed by atoms with E-state index in [2.05, 4.69) is 4.99 Å². The number of morpholine rings is 1. The minimum Gasteiger partial charge on any atom is -0.378 e. The molecular formula is C18H17F3N2OS. The van der Waals surface area contributed by atoms with E-state index in [4.69, 9.17) is 4.74 Å². The van der Waals surface area contributed by atoms with Gasteiger partial charge in [0.05, 0.1) is 30.8 Å². The Bertz CT molecular complexity index is 743. The summed E-state index contributed by atoms with van der Waals surface area (Å²) < 4.78 is 44.8. The van der Waals surface area contributed by atoms with Crippen molar-refractivity contribution in [2.45, 2.75) is 16.0 Å². The lowest BCUT2D eigenvalue weighted by molar-refractivity contribution is -0.139. The minimum absolute atomic E-state index is 0.170. The van der Waals surface area contributed by atoms with E-state index in [1.54, 1.807) is 30.6 Å². The number of alkyl halides is 3. The number of para-hydroxylation sites is 1. The monoisotopic (exact) mass is 366 g/mol. The third kappa shape index (κ3) is 4.76. The average molecular weight is 366 g/mol. The van der Waals surface area contributed by atoms with Gasteiger partial charge in [0.25, 0.3) is 0 Å². The number of aliphatic imine (C=N–C) groups is 1. The molecule has 3 nitrogen and oxygen atoms in total. The van der Waals surface area contributed by atoms with Crippen LogP contribution in [0.25, 0.3) is 0 Å². The first-order chi connectivity index (χ1) is 12.0. The standard InChI is InChI=1S/C18H17F3N2OS/c19-18(20,21)14-5-1-3-7-16(14)25-17-8-4-2-6-15(17)22-13-23-9-11-24-12-10-23/h1-8,13H,9-12H2. The maximum absolute atomic E-state index is 13.2. The van der Waals surface area contributed by atoms with E-state index in [1.807, 2.05) is 11.0 Å². The molecule has 1 heterocycles. The Morgan fingerprint density at radius 1 is 0.960 bits per heavy atom.